The minimum atomic E-state index is 0.391. The van der Waals surface area contributed by atoms with E-state index in [0.29, 0.717) is 11.5 Å². The van der Waals surface area contributed by atoms with Gasteiger partial charge in [0.1, 0.15) is 0 Å². The van der Waals surface area contributed by atoms with Gasteiger partial charge in [-0.3, -0.25) is 4.98 Å². The number of aromatic nitrogens is 6. The average Bonchev–Trinajstić information content (AvgIpc) is 2.66. The molecule has 68 valence electrons. The monoisotopic (exact) mass is 187 g/mol. The first kappa shape index (κ1) is 7.13. The van der Waals surface area contributed by atoms with E-state index in [2.05, 4.69) is 25.6 Å². The van der Waals surface area contributed by atoms with Crippen molar-refractivity contribution in [3.8, 4) is 0 Å². The van der Waals surface area contributed by atoms with Crippen LogP contribution in [0.4, 0.5) is 5.82 Å². The van der Waals surface area contributed by atoms with E-state index in [1.807, 2.05) is 0 Å². The topological polar surface area (TPSA) is 94.9 Å². The number of hydrogen-bond acceptors (Lipinski definition) is 6. The van der Waals surface area contributed by atoms with Crippen LogP contribution < -0.4 is 5.73 Å². The lowest BCUT2D eigenvalue weighted by Crippen LogP contribution is -2.01. The van der Waals surface area contributed by atoms with Crippen molar-refractivity contribution in [2.45, 2.75) is 0 Å². The molecule has 0 unspecified atom stereocenters. The smallest absolute Gasteiger partial charge is 0.209 e. The molecule has 3 heterocycles. The zero-order valence-corrected chi connectivity index (χ0v) is 6.99. The molecule has 7 nitrogen and oxygen atoms in total. The Morgan fingerprint density at radius 3 is 3.14 bits per heavy atom. The third kappa shape index (κ3) is 0.777. The van der Waals surface area contributed by atoms with Crippen LogP contribution in [0.1, 0.15) is 0 Å². The van der Waals surface area contributed by atoms with Crippen LogP contribution in [0.5, 0.6) is 0 Å². The third-order valence-corrected chi connectivity index (χ3v) is 1.99. The van der Waals surface area contributed by atoms with Gasteiger partial charge < -0.3 is 5.73 Å². The molecule has 14 heavy (non-hydrogen) atoms. The number of nitrogens with two attached hydrogens (primary N) is 1. The number of nitrogens with zero attached hydrogens (tertiary/aromatic N) is 6. The Bertz CT molecular complexity index is 614. The number of anilines is 1. The normalized spacial score (nSPS) is 11.1. The summed E-state index contributed by atoms with van der Waals surface area (Å²) < 4.78 is 1.29. The van der Waals surface area contributed by atoms with Crippen LogP contribution in [0.25, 0.3) is 16.4 Å². The number of nitrogen functional groups attached to an aromatic ring is 1. The van der Waals surface area contributed by atoms with E-state index in [-0.39, 0.29) is 0 Å². The second-order valence-electron chi connectivity index (χ2n) is 2.80. The molecule has 0 fully saturated rings. The maximum absolute atomic E-state index is 5.73. The number of fused-ring (bicyclic) bond motifs is 3. The molecule has 2 N–H and O–H groups in total. The van der Waals surface area contributed by atoms with Crippen molar-refractivity contribution in [3.63, 3.8) is 0 Å². The average molecular weight is 187 g/mol. The van der Waals surface area contributed by atoms with Crippen LogP contribution in [0.3, 0.4) is 0 Å². The molecule has 0 saturated heterocycles. The molecule has 0 spiro atoms. The summed E-state index contributed by atoms with van der Waals surface area (Å²) in [6.45, 7) is 0. The first-order chi connectivity index (χ1) is 6.86. The maximum atomic E-state index is 5.73. The zero-order chi connectivity index (χ0) is 9.54. The summed E-state index contributed by atoms with van der Waals surface area (Å²) in [4.78, 5) is 3.99. The fourth-order valence-electron chi connectivity index (χ4n) is 1.36. The van der Waals surface area contributed by atoms with E-state index in [1.54, 1.807) is 18.5 Å². The number of pyridine rings is 1. The van der Waals surface area contributed by atoms with E-state index in [4.69, 9.17) is 5.73 Å². The van der Waals surface area contributed by atoms with Crippen LogP contribution >= 0.6 is 0 Å². The van der Waals surface area contributed by atoms with Gasteiger partial charge in [0.2, 0.25) is 5.65 Å². The van der Waals surface area contributed by atoms with Crippen molar-refractivity contribution in [2.24, 2.45) is 0 Å². The predicted molar refractivity (Wildman–Crippen MR) is 48.3 cm³/mol. The molecule has 0 aromatic carbocycles. The van der Waals surface area contributed by atoms with Crippen molar-refractivity contribution in [3.05, 3.63) is 18.5 Å². The number of tetrazole rings is 1. The van der Waals surface area contributed by atoms with Crippen LogP contribution in [0.15, 0.2) is 18.5 Å². The van der Waals surface area contributed by atoms with Crippen molar-refractivity contribution >= 4 is 22.2 Å². The molecular weight excluding hydrogens is 182 g/mol. The highest BCUT2D eigenvalue weighted by Gasteiger charge is 2.07. The quantitative estimate of drug-likeness (QED) is 0.516. The predicted octanol–water partition coefficient (Wildman–Crippen LogP) is -0.350. The van der Waals surface area contributed by atoms with Gasteiger partial charge in [-0.15, -0.1) is 14.8 Å². The Morgan fingerprint density at radius 1 is 1.29 bits per heavy atom. The van der Waals surface area contributed by atoms with Crippen molar-refractivity contribution in [1.82, 2.24) is 30.2 Å². The van der Waals surface area contributed by atoms with E-state index in [9.17, 15) is 0 Å². The van der Waals surface area contributed by atoms with Gasteiger partial charge in [0, 0.05) is 17.8 Å². The number of rotatable bonds is 0. The Kier molecular flexibility index (Phi) is 1.19. The third-order valence-electron chi connectivity index (χ3n) is 1.99. The summed E-state index contributed by atoms with van der Waals surface area (Å²) in [7, 11) is 0. The van der Waals surface area contributed by atoms with Gasteiger partial charge >= 0.3 is 0 Å². The van der Waals surface area contributed by atoms with Crippen LogP contribution in [-0.4, -0.2) is 30.2 Å². The lowest BCUT2D eigenvalue weighted by Gasteiger charge is -1.99. The van der Waals surface area contributed by atoms with Crippen molar-refractivity contribution < 1.29 is 0 Å². The molecule has 7 heteroatoms. The van der Waals surface area contributed by atoms with Crippen molar-refractivity contribution in [1.29, 1.82) is 0 Å². The second-order valence-corrected chi connectivity index (χ2v) is 2.80. The molecule has 3 aromatic heterocycles. The summed E-state index contributed by atoms with van der Waals surface area (Å²) in [5, 5.41) is 16.6. The van der Waals surface area contributed by atoms with Crippen molar-refractivity contribution in [2.75, 3.05) is 5.73 Å². The largest absolute Gasteiger partial charge is 0.382 e. The minimum absolute atomic E-state index is 0.391. The molecule has 0 aliphatic carbocycles. The molecule has 0 saturated carbocycles. The highest BCUT2D eigenvalue weighted by atomic mass is 15.6. The Balaban J connectivity index is 2.67. The van der Waals surface area contributed by atoms with Crippen LogP contribution in [0.2, 0.25) is 0 Å². The summed E-state index contributed by atoms with van der Waals surface area (Å²) >= 11 is 0. The molecule has 0 aliphatic rings. The molecule has 0 radical (unpaired) electrons. The van der Waals surface area contributed by atoms with Crippen LogP contribution in [0, 0.1) is 0 Å². The van der Waals surface area contributed by atoms with Gasteiger partial charge in [-0.1, -0.05) is 0 Å². The molecular formula is C7H5N7. The van der Waals surface area contributed by atoms with E-state index in [1.165, 1.54) is 4.63 Å². The van der Waals surface area contributed by atoms with Gasteiger partial charge in [0.15, 0.2) is 5.82 Å². The second kappa shape index (κ2) is 2.34. The SMILES string of the molecule is Nc1nn2nnnc2c2cnccc12. The Morgan fingerprint density at radius 2 is 2.21 bits per heavy atom. The van der Waals surface area contributed by atoms with Crippen LogP contribution in [-0.2, 0) is 0 Å². The summed E-state index contributed by atoms with van der Waals surface area (Å²) in [6.07, 6.45) is 3.32. The first-order valence-corrected chi connectivity index (χ1v) is 3.94. The maximum Gasteiger partial charge on any atom is 0.209 e. The highest BCUT2D eigenvalue weighted by molar-refractivity contribution is 5.98. The minimum Gasteiger partial charge on any atom is -0.382 e. The van der Waals surface area contributed by atoms with E-state index < -0.39 is 0 Å². The fraction of sp³-hybridized carbons (Fsp3) is 0. The molecule has 0 amide bonds. The van der Waals surface area contributed by atoms with Gasteiger partial charge in [-0.25, -0.2) is 0 Å². The summed E-state index contributed by atoms with van der Waals surface area (Å²) in [6, 6.07) is 1.78. The lowest BCUT2D eigenvalue weighted by atomic mass is 10.2. The van der Waals surface area contributed by atoms with Gasteiger partial charge in [0.05, 0.1) is 5.39 Å². The highest BCUT2D eigenvalue weighted by Crippen LogP contribution is 2.19. The summed E-state index contributed by atoms with van der Waals surface area (Å²) in [5.41, 5.74) is 6.28. The molecule has 0 aliphatic heterocycles. The molecule has 3 aromatic rings. The molecule has 3 rings (SSSR count). The van der Waals surface area contributed by atoms with Gasteiger partial charge in [-0.2, -0.15) is 0 Å². The molecule has 0 bridgehead atoms. The first-order valence-electron chi connectivity index (χ1n) is 3.94. The lowest BCUT2D eigenvalue weighted by molar-refractivity contribution is 0.740. The van der Waals surface area contributed by atoms with Gasteiger partial charge in [0.25, 0.3) is 0 Å². The van der Waals surface area contributed by atoms with E-state index in [0.717, 1.165) is 10.8 Å². The summed E-state index contributed by atoms with van der Waals surface area (Å²) in [5.74, 6) is 0.391. The number of hydrogen-bond donors (Lipinski definition) is 1. The Hall–Kier alpha value is -2.31. The zero-order valence-electron chi connectivity index (χ0n) is 6.99. The molecule has 0 atom stereocenters. The fourth-order valence-corrected chi connectivity index (χ4v) is 1.36. The Labute approximate surface area is 77.5 Å². The standard InChI is InChI=1S/C7H5N7/c8-6-4-1-2-9-3-5(4)7-10-12-13-14(7)11-6/h1-3H,(H2,8,11). The van der Waals surface area contributed by atoms with E-state index >= 15 is 0 Å². The van der Waals surface area contributed by atoms with Gasteiger partial charge in [-0.05, 0) is 16.5 Å².